The fourth-order valence-electron chi connectivity index (χ4n) is 7.03. The Morgan fingerprint density at radius 3 is 2.38 bits per heavy atom. The molecule has 1 saturated heterocycles. The van der Waals surface area contributed by atoms with E-state index >= 15 is 0 Å². The Morgan fingerprint density at radius 1 is 1.00 bits per heavy atom. The van der Waals surface area contributed by atoms with Crippen molar-refractivity contribution in [3.8, 4) is 17.2 Å². The molecule has 0 saturated carbocycles. The van der Waals surface area contributed by atoms with Crippen LogP contribution in [-0.2, 0) is 35.0 Å². The smallest absolute Gasteiger partial charge is 0.314 e. The van der Waals surface area contributed by atoms with Crippen molar-refractivity contribution in [2.45, 2.75) is 94.5 Å². The number of aliphatic hydroxyl groups is 2. The summed E-state index contributed by atoms with van der Waals surface area (Å²) in [6.45, 7) is 0.624. The van der Waals surface area contributed by atoms with E-state index in [0.29, 0.717) is 19.3 Å². The van der Waals surface area contributed by atoms with Gasteiger partial charge in [-0.2, -0.15) is 0 Å². The molecule has 2 amide bonds. The molecule has 2 aromatic carbocycles. The maximum atomic E-state index is 13.9. The largest absolute Gasteiger partial charge is 0.507 e. The Kier molecular flexibility index (Phi) is 11.7. The summed E-state index contributed by atoms with van der Waals surface area (Å²) in [6, 6.07) is 2.77. The molecular formula is C36H42N2O15. The summed E-state index contributed by atoms with van der Waals surface area (Å²) in [5.41, 5.74) is -4.27. The molecule has 17 nitrogen and oxygen atoms in total. The first-order chi connectivity index (χ1) is 25.1. The van der Waals surface area contributed by atoms with E-state index in [4.69, 9.17) is 24.1 Å². The molecule has 7 N–H and O–H groups in total. The van der Waals surface area contributed by atoms with E-state index in [-0.39, 0.29) is 47.3 Å². The molecule has 0 aromatic heterocycles. The fraction of sp³-hybridized carbons (Fsp3) is 0.500. The number of amides is 2. The van der Waals surface area contributed by atoms with Gasteiger partial charge in [-0.1, -0.05) is 18.6 Å². The lowest BCUT2D eigenvalue weighted by atomic mass is 9.72. The van der Waals surface area contributed by atoms with Gasteiger partial charge in [-0.05, 0) is 25.8 Å². The number of esters is 1. The summed E-state index contributed by atoms with van der Waals surface area (Å²) in [7, 11) is 2.67. The summed E-state index contributed by atoms with van der Waals surface area (Å²) in [5.74, 6) is -5.90. The maximum absolute atomic E-state index is 13.9. The zero-order valence-corrected chi connectivity index (χ0v) is 29.3. The van der Waals surface area contributed by atoms with Crippen LogP contribution in [0.2, 0.25) is 0 Å². The van der Waals surface area contributed by atoms with Gasteiger partial charge in [-0.15, -0.1) is 0 Å². The number of ketones is 3. The lowest BCUT2D eigenvalue weighted by Crippen LogP contribution is -2.57. The number of aromatic hydroxyl groups is 2. The van der Waals surface area contributed by atoms with Gasteiger partial charge in [0.25, 0.3) is 0 Å². The molecule has 286 valence electrons. The molecule has 17 heteroatoms. The van der Waals surface area contributed by atoms with Crippen LogP contribution in [0.3, 0.4) is 0 Å². The summed E-state index contributed by atoms with van der Waals surface area (Å²) < 4.78 is 22.5. The normalized spacial score (nSPS) is 24.7. The summed E-state index contributed by atoms with van der Waals surface area (Å²) >= 11 is 0. The average Bonchev–Trinajstić information content (AvgIpc) is 3.12. The monoisotopic (exact) mass is 742 g/mol. The average molecular weight is 743 g/mol. The van der Waals surface area contributed by atoms with Gasteiger partial charge in [0, 0.05) is 55.8 Å². The number of hydrogen-bond donors (Lipinski definition) is 7. The van der Waals surface area contributed by atoms with Crippen LogP contribution in [0.25, 0.3) is 0 Å². The number of unbranched alkanes of at least 4 members (excludes halogenated alkanes) is 2. The van der Waals surface area contributed by atoms with Crippen molar-refractivity contribution in [1.29, 1.82) is 0 Å². The number of methoxy groups -OCH3 is 1. The highest BCUT2D eigenvalue weighted by Gasteiger charge is 2.50. The van der Waals surface area contributed by atoms with Gasteiger partial charge in [0.05, 0.1) is 42.0 Å². The summed E-state index contributed by atoms with van der Waals surface area (Å²) in [4.78, 5) is 76.6. The third-order valence-electron chi connectivity index (χ3n) is 9.80. The minimum absolute atomic E-state index is 0.0449. The lowest BCUT2D eigenvalue weighted by Gasteiger charge is -2.42. The first-order valence-corrected chi connectivity index (χ1v) is 17.1. The van der Waals surface area contributed by atoms with Gasteiger partial charge in [-0.3, -0.25) is 24.0 Å². The zero-order valence-electron chi connectivity index (χ0n) is 29.3. The van der Waals surface area contributed by atoms with Crippen LogP contribution in [0.4, 0.5) is 4.79 Å². The van der Waals surface area contributed by atoms with Crippen molar-refractivity contribution in [1.82, 2.24) is 10.6 Å². The van der Waals surface area contributed by atoms with Gasteiger partial charge in [0.15, 0.2) is 18.7 Å². The Bertz CT molecular complexity index is 1830. The number of hydrogen-bond acceptors (Lipinski definition) is 14. The van der Waals surface area contributed by atoms with Crippen molar-refractivity contribution in [2.24, 2.45) is 0 Å². The number of phenols is 2. The number of aliphatic hydroxyl groups excluding tert-OH is 1. The molecule has 1 fully saturated rings. The third kappa shape index (κ3) is 7.83. The molecule has 2 aliphatic carbocycles. The van der Waals surface area contributed by atoms with Crippen molar-refractivity contribution < 1.29 is 73.2 Å². The molecule has 0 unspecified atom stereocenters. The van der Waals surface area contributed by atoms with Crippen LogP contribution in [0.5, 0.6) is 17.2 Å². The van der Waals surface area contributed by atoms with E-state index in [1.165, 1.54) is 39.3 Å². The van der Waals surface area contributed by atoms with E-state index in [1.807, 2.05) is 0 Å². The number of ether oxygens (including phenoxy) is 4. The second-order valence-corrected chi connectivity index (χ2v) is 13.3. The number of rotatable bonds is 13. The maximum Gasteiger partial charge on any atom is 0.314 e. The second kappa shape index (κ2) is 15.9. The van der Waals surface area contributed by atoms with Gasteiger partial charge in [0.1, 0.15) is 29.0 Å². The lowest BCUT2D eigenvalue weighted by molar-refractivity contribution is -0.249. The molecule has 3 aliphatic rings. The van der Waals surface area contributed by atoms with Crippen LogP contribution >= 0.6 is 0 Å². The van der Waals surface area contributed by atoms with E-state index in [2.05, 4.69) is 10.6 Å². The predicted molar refractivity (Wildman–Crippen MR) is 180 cm³/mol. The number of fused-ring (bicyclic) bond motifs is 3. The molecule has 0 radical (unpaired) electrons. The summed E-state index contributed by atoms with van der Waals surface area (Å²) in [5, 5.41) is 59.8. The number of phenolic OH excluding ortho intramolecular Hbond substituents is 2. The standard InChI is InChI=1S/C36H42N2O15/c1-16-30(43)19(38-35(48)37-2)12-25(52-16)53-21-14-36(49,22(39)15-51-24(42)11-6-4-5-10-23(40)41)13-18-27(21)34(47)29-28(32(18)45)31(44)17-8-7-9-20(50-3)26(17)33(29)46/h7-9,16,19,21,25,30,43,45,47,49H,4-6,10-15H2,1-3H3,(H,40,41)(H2,37,38,48)/t16-,19-,21-,25-,30+,36-/m0/s1. The van der Waals surface area contributed by atoms with Gasteiger partial charge in [0.2, 0.25) is 11.6 Å². The number of aliphatic carboxylic acids is 1. The molecule has 6 atom stereocenters. The number of carboxylic acids is 1. The highest BCUT2D eigenvalue weighted by atomic mass is 16.7. The van der Waals surface area contributed by atoms with Gasteiger partial charge in [-0.25, -0.2) is 4.79 Å². The number of benzene rings is 2. The molecule has 2 aromatic rings. The SMILES string of the molecule is CNC(=O)N[C@H]1C[C@H](O[C@H]2C[C@](O)(C(=O)COC(=O)CCCCCC(=O)O)Cc3c(O)c4c(c(O)c32)C(=O)c2c(OC)cccc2C4=O)O[C@@H](C)[C@H]1O. The van der Waals surface area contributed by atoms with Crippen LogP contribution in [0.1, 0.15) is 101 Å². The highest BCUT2D eigenvalue weighted by Crippen LogP contribution is 2.52. The second-order valence-electron chi connectivity index (χ2n) is 13.3. The van der Waals surface area contributed by atoms with Crippen LogP contribution in [0, 0.1) is 0 Å². The van der Waals surface area contributed by atoms with Crippen LogP contribution < -0.4 is 15.4 Å². The third-order valence-corrected chi connectivity index (χ3v) is 9.80. The molecule has 0 spiro atoms. The van der Waals surface area contributed by atoms with E-state index in [1.54, 1.807) is 0 Å². The molecule has 53 heavy (non-hydrogen) atoms. The molecule has 1 heterocycles. The minimum Gasteiger partial charge on any atom is -0.507 e. The van der Waals surface area contributed by atoms with Gasteiger partial charge < -0.3 is 55.1 Å². The quantitative estimate of drug-likeness (QED) is 0.0744. The number of nitrogens with one attached hydrogen (secondary N) is 2. The topological polar surface area (TPSA) is 265 Å². The van der Waals surface area contributed by atoms with Crippen molar-refractivity contribution in [3.63, 3.8) is 0 Å². The first kappa shape index (κ1) is 39.1. The van der Waals surface area contributed by atoms with Crippen LogP contribution in [-0.4, -0.2) is 112 Å². The van der Waals surface area contributed by atoms with Gasteiger partial charge >= 0.3 is 18.0 Å². The molecule has 5 rings (SSSR count). The number of urea groups is 1. The first-order valence-electron chi connectivity index (χ1n) is 17.1. The number of Topliss-reactive ketones (excluding diaryl/α,β-unsaturated/α-hetero) is 1. The van der Waals surface area contributed by atoms with E-state index < -0.39 is 114 Å². The molecular weight excluding hydrogens is 700 g/mol. The van der Waals surface area contributed by atoms with Crippen LogP contribution in [0.15, 0.2) is 18.2 Å². The molecule has 0 bridgehead atoms. The Labute approximate surface area is 303 Å². The predicted octanol–water partition coefficient (Wildman–Crippen LogP) is 1.56. The van der Waals surface area contributed by atoms with Crippen molar-refractivity contribution in [2.75, 3.05) is 20.8 Å². The van der Waals surface area contributed by atoms with E-state index in [0.717, 1.165) is 0 Å². The fourth-order valence-corrected chi connectivity index (χ4v) is 7.03. The number of carbonyl (C=O) groups is 6. The Balaban J connectivity index is 1.50. The number of carboxylic acid groups (broad SMARTS) is 1. The highest BCUT2D eigenvalue weighted by molar-refractivity contribution is 6.31. The van der Waals surface area contributed by atoms with Crippen molar-refractivity contribution in [3.05, 3.63) is 51.6 Å². The molecule has 1 aliphatic heterocycles. The van der Waals surface area contributed by atoms with Crippen molar-refractivity contribution >= 4 is 35.3 Å². The summed E-state index contributed by atoms with van der Waals surface area (Å²) in [6.07, 6.45) is -5.37. The Hall–Kier alpha value is -5.10. The Morgan fingerprint density at radius 2 is 1.70 bits per heavy atom. The zero-order chi connectivity index (χ0) is 38.8. The number of carbonyl (C=O) groups excluding carboxylic acids is 5. The van der Waals surface area contributed by atoms with E-state index in [9.17, 15) is 49.2 Å². The minimum atomic E-state index is -2.42.